The normalized spacial score (nSPS) is 19.2. The lowest BCUT2D eigenvalue weighted by molar-refractivity contribution is -0.267. The molecule has 1 fully saturated rings. The summed E-state index contributed by atoms with van der Waals surface area (Å²) in [4.78, 5) is 14.4. The summed E-state index contributed by atoms with van der Waals surface area (Å²) in [7, 11) is 0. The second kappa shape index (κ2) is 8.12. The first-order chi connectivity index (χ1) is 18.6. The van der Waals surface area contributed by atoms with Crippen LogP contribution in [0.3, 0.4) is 0 Å². The van der Waals surface area contributed by atoms with Gasteiger partial charge >= 0.3 is 12.8 Å². The third-order valence-corrected chi connectivity index (χ3v) is 7.35. The molecule has 3 aliphatic heterocycles. The maximum atomic E-state index is 13.2. The van der Waals surface area contributed by atoms with Crippen LogP contribution in [0.1, 0.15) is 18.3 Å². The molecule has 2 bridgehead atoms. The third kappa shape index (κ3) is 3.63. The molecule has 0 amide bonds. The average Bonchev–Trinajstić information content (AvgIpc) is 3.34. The number of nitrogens with one attached hydrogen (secondary N) is 1. The summed E-state index contributed by atoms with van der Waals surface area (Å²) < 4.78 is 72.1. The molecular weight excluding hydrogens is 523 g/mol. The van der Waals surface area contributed by atoms with Gasteiger partial charge in [-0.2, -0.15) is 22.0 Å². The molecule has 13 heteroatoms. The highest BCUT2D eigenvalue weighted by atomic mass is 19.4. The Morgan fingerprint density at radius 1 is 1.08 bits per heavy atom. The van der Waals surface area contributed by atoms with Crippen LogP contribution in [-0.4, -0.2) is 56.1 Å². The number of alkyl halides is 5. The van der Waals surface area contributed by atoms with Crippen molar-refractivity contribution in [3.05, 3.63) is 65.1 Å². The molecule has 200 valence electrons. The zero-order valence-electron chi connectivity index (χ0n) is 20.0. The molecule has 0 aliphatic carbocycles. The van der Waals surface area contributed by atoms with E-state index in [1.54, 1.807) is 12.3 Å². The van der Waals surface area contributed by atoms with Crippen molar-refractivity contribution in [2.45, 2.75) is 30.9 Å². The fourth-order valence-corrected chi connectivity index (χ4v) is 5.42. The second-order valence-corrected chi connectivity index (χ2v) is 9.78. The Labute approximate surface area is 216 Å². The minimum Gasteiger partial charge on any atom is -0.434 e. The molecule has 2 aromatic carbocycles. The van der Waals surface area contributed by atoms with Crippen LogP contribution in [0.25, 0.3) is 34.1 Å². The quantitative estimate of drug-likeness (QED) is 0.384. The van der Waals surface area contributed by atoms with Gasteiger partial charge in [-0.25, -0.2) is 15.0 Å². The highest BCUT2D eigenvalue weighted by Gasteiger charge is 2.61. The van der Waals surface area contributed by atoms with E-state index in [1.807, 2.05) is 28.8 Å². The van der Waals surface area contributed by atoms with E-state index in [1.165, 1.54) is 23.4 Å². The molecule has 4 aromatic rings. The number of hydrogen-bond donors (Lipinski definition) is 2. The Hall–Kier alpha value is -4.26. The SMILES string of the molecule is OC1(C(F)(F)F)CN(c2ncc(-c3ccc4nc5n(c4c3)C3=c4c(OC(F)F)cccc4=CN[C@@H]5C3)cn2)C1. The smallest absolute Gasteiger partial charge is 0.420 e. The summed E-state index contributed by atoms with van der Waals surface area (Å²) in [6.07, 6.45) is 0.596. The van der Waals surface area contributed by atoms with Gasteiger partial charge in [0.25, 0.3) is 0 Å². The maximum Gasteiger partial charge on any atom is 0.420 e. The van der Waals surface area contributed by atoms with Crippen LogP contribution >= 0.6 is 0 Å². The standard InChI is InChI=1S/C26H19F5N6O2/c27-23(28)39-20-3-1-2-14-8-32-17-7-19(21(14)20)37-18-6-13(4-5-16(18)35-22(17)37)15-9-33-24(34-10-15)36-11-25(38,12-36)26(29,30)31/h1-6,8-10,17,23,32,38H,7,11-12H2/t17-/m1/s1. The number of aromatic nitrogens is 4. The number of imidazole rings is 1. The lowest BCUT2D eigenvalue weighted by atomic mass is 9.94. The number of anilines is 1. The zero-order valence-corrected chi connectivity index (χ0v) is 20.0. The third-order valence-electron chi connectivity index (χ3n) is 7.35. The Balaban J connectivity index is 1.28. The van der Waals surface area contributed by atoms with Crippen LogP contribution in [-0.2, 0) is 0 Å². The van der Waals surface area contributed by atoms with Gasteiger partial charge in [-0.15, -0.1) is 0 Å². The minimum atomic E-state index is -4.72. The van der Waals surface area contributed by atoms with Crippen molar-refractivity contribution in [1.82, 2.24) is 24.8 Å². The maximum absolute atomic E-state index is 13.2. The lowest BCUT2D eigenvalue weighted by Gasteiger charge is -2.46. The summed E-state index contributed by atoms with van der Waals surface area (Å²) in [5.74, 6) is 0.909. The van der Waals surface area contributed by atoms with Crippen molar-refractivity contribution in [1.29, 1.82) is 0 Å². The number of nitrogens with zero attached hydrogens (tertiary/aromatic N) is 5. The Kier molecular flexibility index (Phi) is 4.96. The fraction of sp³-hybridized carbons (Fsp3) is 0.269. The van der Waals surface area contributed by atoms with Crippen LogP contribution in [0, 0.1) is 0 Å². The van der Waals surface area contributed by atoms with Crippen molar-refractivity contribution in [3.8, 4) is 16.9 Å². The van der Waals surface area contributed by atoms with E-state index >= 15 is 0 Å². The Morgan fingerprint density at radius 2 is 1.85 bits per heavy atom. The molecule has 0 radical (unpaired) electrons. The molecule has 7 rings (SSSR count). The van der Waals surface area contributed by atoms with Crippen molar-refractivity contribution in [2.75, 3.05) is 18.0 Å². The van der Waals surface area contributed by atoms with E-state index in [-0.39, 0.29) is 17.7 Å². The summed E-state index contributed by atoms with van der Waals surface area (Å²) in [6, 6.07) is 10.4. The van der Waals surface area contributed by atoms with E-state index < -0.39 is 31.5 Å². The lowest BCUT2D eigenvalue weighted by Crippen LogP contribution is -2.69. The number of rotatable bonds is 4. The summed E-state index contributed by atoms with van der Waals surface area (Å²) in [5.41, 5.74) is 0.844. The van der Waals surface area contributed by atoms with E-state index in [0.29, 0.717) is 22.7 Å². The first-order valence-electron chi connectivity index (χ1n) is 12.0. The molecule has 3 aliphatic rings. The number of halogens is 5. The van der Waals surface area contributed by atoms with E-state index in [9.17, 15) is 27.1 Å². The summed E-state index contributed by atoms with van der Waals surface area (Å²) in [6.45, 7) is -4.24. The summed E-state index contributed by atoms with van der Waals surface area (Å²) >= 11 is 0. The van der Waals surface area contributed by atoms with Gasteiger partial charge < -0.3 is 20.1 Å². The predicted molar refractivity (Wildman–Crippen MR) is 130 cm³/mol. The molecule has 0 saturated carbocycles. The first-order valence-corrected chi connectivity index (χ1v) is 12.0. The zero-order chi connectivity index (χ0) is 27.1. The highest BCUT2D eigenvalue weighted by molar-refractivity contribution is 5.86. The molecule has 39 heavy (non-hydrogen) atoms. The largest absolute Gasteiger partial charge is 0.434 e. The van der Waals surface area contributed by atoms with Gasteiger partial charge in [0, 0.05) is 46.7 Å². The van der Waals surface area contributed by atoms with Gasteiger partial charge in [0.2, 0.25) is 5.95 Å². The minimum absolute atomic E-state index is 0.0782. The summed E-state index contributed by atoms with van der Waals surface area (Å²) in [5, 5.41) is 14.3. The molecule has 0 unspecified atom stereocenters. The van der Waals surface area contributed by atoms with Crippen LogP contribution in [0.4, 0.5) is 27.9 Å². The predicted octanol–water partition coefficient (Wildman–Crippen LogP) is 2.65. The highest BCUT2D eigenvalue weighted by Crippen LogP contribution is 2.40. The molecule has 2 aromatic heterocycles. The number of β-amino-alcohol motifs (C(OH)–C–C–N with tert-alkyl or cyclic N) is 1. The topological polar surface area (TPSA) is 88.3 Å². The monoisotopic (exact) mass is 542 g/mol. The number of ether oxygens (including phenoxy) is 1. The number of aliphatic hydroxyl groups is 1. The number of hydrogen-bond acceptors (Lipinski definition) is 7. The van der Waals surface area contributed by atoms with Gasteiger partial charge in [0.05, 0.1) is 30.2 Å². The van der Waals surface area contributed by atoms with E-state index in [4.69, 9.17) is 9.72 Å². The van der Waals surface area contributed by atoms with Gasteiger partial charge in [0.1, 0.15) is 11.6 Å². The van der Waals surface area contributed by atoms with Crippen molar-refractivity contribution >= 4 is 28.9 Å². The van der Waals surface area contributed by atoms with Crippen LogP contribution < -0.4 is 25.4 Å². The molecule has 8 nitrogen and oxygen atoms in total. The Morgan fingerprint density at radius 3 is 2.56 bits per heavy atom. The molecule has 1 saturated heterocycles. The van der Waals surface area contributed by atoms with E-state index in [2.05, 4.69) is 15.3 Å². The van der Waals surface area contributed by atoms with Crippen molar-refractivity contribution in [2.24, 2.45) is 0 Å². The molecule has 2 N–H and O–H groups in total. The molecular formula is C26H19F5N6O2. The van der Waals surface area contributed by atoms with Crippen LogP contribution in [0.15, 0.2) is 48.8 Å². The van der Waals surface area contributed by atoms with Crippen LogP contribution in [0.5, 0.6) is 5.75 Å². The van der Waals surface area contributed by atoms with Gasteiger partial charge in [-0.1, -0.05) is 18.2 Å². The Bertz CT molecular complexity index is 1750. The fourth-order valence-electron chi connectivity index (χ4n) is 5.42. The second-order valence-electron chi connectivity index (χ2n) is 9.78. The first kappa shape index (κ1) is 23.8. The van der Waals surface area contributed by atoms with Gasteiger partial charge in [0.15, 0.2) is 5.60 Å². The van der Waals surface area contributed by atoms with Crippen molar-refractivity contribution < 1.29 is 31.8 Å². The van der Waals surface area contributed by atoms with Crippen molar-refractivity contribution in [3.63, 3.8) is 0 Å². The number of fused-ring (bicyclic) bond motifs is 8. The molecule has 0 spiro atoms. The molecule has 1 atom stereocenters. The van der Waals surface area contributed by atoms with Gasteiger partial charge in [-0.3, -0.25) is 4.57 Å². The number of benzene rings is 2. The average molecular weight is 542 g/mol. The van der Waals surface area contributed by atoms with Gasteiger partial charge in [-0.05, 0) is 23.8 Å². The molecule has 5 heterocycles. The van der Waals surface area contributed by atoms with E-state index in [0.717, 1.165) is 27.8 Å². The van der Waals surface area contributed by atoms with Crippen LogP contribution in [0.2, 0.25) is 0 Å².